The van der Waals surface area contributed by atoms with Crippen molar-refractivity contribution in [1.29, 1.82) is 0 Å². The molecule has 0 fully saturated rings. The summed E-state index contributed by atoms with van der Waals surface area (Å²) in [4.78, 5) is 22.2. The average Bonchev–Trinajstić information content (AvgIpc) is 2.78. The first-order valence-corrected chi connectivity index (χ1v) is 6.70. The van der Waals surface area contributed by atoms with E-state index in [0.29, 0.717) is 12.8 Å². The van der Waals surface area contributed by atoms with Gasteiger partial charge in [0.15, 0.2) is 5.78 Å². The molecule has 0 aliphatic heterocycles. The van der Waals surface area contributed by atoms with E-state index in [1.807, 2.05) is 12.2 Å². The lowest BCUT2D eigenvalue weighted by Crippen LogP contribution is -1.98. The highest BCUT2D eigenvalue weighted by Crippen LogP contribution is 2.15. The number of ketones is 1. The van der Waals surface area contributed by atoms with Crippen molar-refractivity contribution in [3.8, 4) is 0 Å². The number of rotatable bonds is 8. The van der Waals surface area contributed by atoms with Crippen molar-refractivity contribution in [2.75, 3.05) is 7.11 Å². The predicted octanol–water partition coefficient (Wildman–Crippen LogP) is 3.35. The summed E-state index contributed by atoms with van der Waals surface area (Å²) < 4.78 is 4.57. The van der Waals surface area contributed by atoms with E-state index in [2.05, 4.69) is 10.8 Å². The van der Waals surface area contributed by atoms with Gasteiger partial charge in [-0.1, -0.05) is 31.1 Å². The third kappa shape index (κ3) is 5.80. The van der Waals surface area contributed by atoms with Crippen LogP contribution >= 0.6 is 0 Å². The summed E-state index contributed by atoms with van der Waals surface area (Å²) in [5.74, 6) is 0.144. The molecule has 0 aromatic heterocycles. The van der Waals surface area contributed by atoms with Crippen molar-refractivity contribution in [3.63, 3.8) is 0 Å². The maximum absolute atomic E-state index is 11.3. The van der Waals surface area contributed by atoms with Crippen LogP contribution in [0.4, 0.5) is 0 Å². The fourth-order valence-electron chi connectivity index (χ4n) is 1.98. The van der Waals surface area contributed by atoms with Crippen LogP contribution in [0.15, 0.2) is 23.8 Å². The molecule has 0 atom stereocenters. The average molecular weight is 250 g/mol. The highest BCUT2D eigenvalue weighted by atomic mass is 16.5. The van der Waals surface area contributed by atoms with Crippen molar-refractivity contribution < 1.29 is 14.3 Å². The molecule has 0 unspecified atom stereocenters. The van der Waals surface area contributed by atoms with Crippen LogP contribution in [0, 0.1) is 0 Å². The molecule has 0 aromatic rings. The maximum atomic E-state index is 11.3. The number of carbonyl (C=O) groups excluding carboxylic acids is 2. The molecule has 3 heteroatoms. The number of hydrogen-bond acceptors (Lipinski definition) is 3. The van der Waals surface area contributed by atoms with Crippen molar-refractivity contribution >= 4 is 11.8 Å². The minimum absolute atomic E-state index is 0.124. The number of methoxy groups -OCH3 is 1. The van der Waals surface area contributed by atoms with Gasteiger partial charge in [-0.3, -0.25) is 9.59 Å². The molecule has 0 spiro atoms. The van der Waals surface area contributed by atoms with E-state index in [4.69, 9.17) is 0 Å². The fraction of sp³-hybridized carbons (Fsp3) is 0.600. The minimum atomic E-state index is -0.124. The first kappa shape index (κ1) is 14.7. The Kier molecular flexibility index (Phi) is 7.07. The number of carbonyl (C=O) groups is 2. The van der Waals surface area contributed by atoms with Gasteiger partial charge in [0.05, 0.1) is 7.11 Å². The maximum Gasteiger partial charge on any atom is 0.305 e. The standard InChI is InChI=1S/C15H22O3/c1-18-15(17)12-7-5-3-2-4-6-9-13-10-8-11-14(13)16/h6,9-10H,2-5,7-8,11-12H2,1H3. The van der Waals surface area contributed by atoms with Crippen LogP contribution in [0.25, 0.3) is 0 Å². The zero-order valence-corrected chi connectivity index (χ0v) is 11.1. The fourth-order valence-corrected chi connectivity index (χ4v) is 1.98. The number of allylic oxidation sites excluding steroid dienone is 4. The Morgan fingerprint density at radius 2 is 2.11 bits per heavy atom. The van der Waals surface area contributed by atoms with Crippen LogP contribution < -0.4 is 0 Å². The third-order valence-corrected chi connectivity index (χ3v) is 3.08. The molecule has 0 amide bonds. The Balaban J connectivity index is 1.97. The molecule has 3 nitrogen and oxygen atoms in total. The molecule has 18 heavy (non-hydrogen) atoms. The van der Waals surface area contributed by atoms with Crippen molar-refractivity contribution in [1.82, 2.24) is 0 Å². The second kappa shape index (κ2) is 8.67. The molecule has 0 N–H and O–H groups in total. The molecule has 0 saturated heterocycles. The lowest BCUT2D eigenvalue weighted by molar-refractivity contribution is -0.140. The Labute approximate surface area is 109 Å². The van der Waals surface area contributed by atoms with Crippen LogP contribution in [-0.4, -0.2) is 18.9 Å². The van der Waals surface area contributed by atoms with Gasteiger partial charge in [0.1, 0.15) is 0 Å². The van der Waals surface area contributed by atoms with Gasteiger partial charge in [0.2, 0.25) is 0 Å². The monoisotopic (exact) mass is 250 g/mol. The smallest absolute Gasteiger partial charge is 0.305 e. The Hall–Kier alpha value is -1.38. The molecule has 100 valence electrons. The predicted molar refractivity (Wildman–Crippen MR) is 71.2 cm³/mol. The Morgan fingerprint density at radius 3 is 2.78 bits per heavy atom. The largest absolute Gasteiger partial charge is 0.469 e. The van der Waals surface area contributed by atoms with E-state index in [0.717, 1.165) is 44.1 Å². The summed E-state index contributed by atoms with van der Waals surface area (Å²) in [7, 11) is 1.42. The second-order valence-electron chi connectivity index (χ2n) is 4.55. The van der Waals surface area contributed by atoms with Gasteiger partial charge >= 0.3 is 5.97 Å². The highest BCUT2D eigenvalue weighted by molar-refractivity contribution is 6.00. The molecule has 0 saturated carbocycles. The summed E-state index contributed by atoms with van der Waals surface area (Å²) >= 11 is 0. The van der Waals surface area contributed by atoms with E-state index >= 15 is 0 Å². The van der Waals surface area contributed by atoms with Gasteiger partial charge < -0.3 is 4.74 Å². The normalized spacial score (nSPS) is 15.2. The molecule has 0 heterocycles. The quantitative estimate of drug-likeness (QED) is 0.490. The minimum Gasteiger partial charge on any atom is -0.469 e. The van der Waals surface area contributed by atoms with Crippen molar-refractivity contribution in [2.24, 2.45) is 0 Å². The first-order valence-electron chi connectivity index (χ1n) is 6.70. The van der Waals surface area contributed by atoms with Gasteiger partial charge in [-0.05, 0) is 25.7 Å². The van der Waals surface area contributed by atoms with E-state index in [9.17, 15) is 9.59 Å². The summed E-state index contributed by atoms with van der Waals surface area (Å²) in [5.41, 5.74) is 0.876. The van der Waals surface area contributed by atoms with E-state index in [1.165, 1.54) is 7.11 Å². The van der Waals surface area contributed by atoms with Crippen LogP contribution in [0.2, 0.25) is 0 Å². The molecule has 1 rings (SSSR count). The summed E-state index contributed by atoms with van der Waals surface area (Å²) in [5, 5.41) is 0. The molecule has 1 aliphatic rings. The molecule has 0 aromatic carbocycles. The Bertz CT molecular complexity index is 340. The first-order chi connectivity index (χ1) is 8.74. The van der Waals surface area contributed by atoms with E-state index in [1.54, 1.807) is 0 Å². The number of ether oxygens (including phenoxy) is 1. The molecular formula is C15H22O3. The van der Waals surface area contributed by atoms with Gasteiger partial charge in [-0.25, -0.2) is 0 Å². The van der Waals surface area contributed by atoms with E-state index in [-0.39, 0.29) is 11.8 Å². The zero-order chi connectivity index (χ0) is 13.2. The lowest BCUT2D eigenvalue weighted by Gasteiger charge is -1.99. The topological polar surface area (TPSA) is 43.4 Å². The molecular weight excluding hydrogens is 228 g/mol. The molecule has 0 bridgehead atoms. The summed E-state index contributed by atoms with van der Waals surface area (Å²) in [6, 6.07) is 0. The summed E-state index contributed by atoms with van der Waals surface area (Å²) in [6.45, 7) is 0. The van der Waals surface area contributed by atoms with Crippen LogP contribution in [-0.2, 0) is 14.3 Å². The van der Waals surface area contributed by atoms with Crippen LogP contribution in [0.3, 0.4) is 0 Å². The number of unbranched alkanes of at least 4 members (excludes halogenated alkanes) is 4. The number of esters is 1. The van der Waals surface area contributed by atoms with Gasteiger partial charge in [-0.2, -0.15) is 0 Å². The number of Topliss-reactive ketones (excluding diaryl/α,β-unsaturated/α-hetero) is 1. The Morgan fingerprint density at radius 1 is 1.33 bits per heavy atom. The van der Waals surface area contributed by atoms with Gasteiger partial charge in [0.25, 0.3) is 0 Å². The SMILES string of the molecule is COC(=O)CCCCCCC=CC1=CCCC1=O. The van der Waals surface area contributed by atoms with E-state index < -0.39 is 0 Å². The molecule has 1 aliphatic carbocycles. The van der Waals surface area contributed by atoms with Crippen molar-refractivity contribution in [2.45, 2.75) is 51.4 Å². The summed E-state index contributed by atoms with van der Waals surface area (Å²) in [6.07, 6.45) is 13.3. The number of hydrogen-bond donors (Lipinski definition) is 0. The zero-order valence-electron chi connectivity index (χ0n) is 11.1. The van der Waals surface area contributed by atoms with Gasteiger partial charge in [-0.15, -0.1) is 0 Å². The second-order valence-corrected chi connectivity index (χ2v) is 4.55. The highest BCUT2D eigenvalue weighted by Gasteiger charge is 2.10. The lowest BCUT2D eigenvalue weighted by atomic mass is 10.1. The van der Waals surface area contributed by atoms with Crippen LogP contribution in [0.1, 0.15) is 51.4 Å². The van der Waals surface area contributed by atoms with Gasteiger partial charge in [0, 0.05) is 18.4 Å². The van der Waals surface area contributed by atoms with Crippen LogP contribution in [0.5, 0.6) is 0 Å². The molecule has 0 radical (unpaired) electrons. The third-order valence-electron chi connectivity index (χ3n) is 3.08. The van der Waals surface area contributed by atoms with Crippen molar-refractivity contribution in [3.05, 3.63) is 23.8 Å².